The van der Waals surface area contributed by atoms with Gasteiger partial charge in [0.2, 0.25) is 0 Å². The number of unbranched alkanes of at least 4 members (excludes halogenated alkanes) is 1. The number of aromatic nitrogens is 1. The molecule has 4 atom stereocenters. The van der Waals surface area contributed by atoms with E-state index in [0.29, 0.717) is 12.5 Å². The Hall–Kier alpha value is -1.42. The minimum Gasteiger partial charge on any atom is -0.494 e. The van der Waals surface area contributed by atoms with Crippen molar-refractivity contribution in [2.75, 3.05) is 0 Å². The zero-order valence-electron chi connectivity index (χ0n) is 11.7. The molecule has 20 heavy (non-hydrogen) atoms. The Morgan fingerprint density at radius 1 is 1.20 bits per heavy atom. The molecule has 2 N–H and O–H groups in total. The molecule has 3 aliphatic rings. The fraction of sp³-hybridized carbons (Fsp3) is 0.625. The van der Waals surface area contributed by atoms with E-state index in [9.17, 15) is 10.2 Å². The van der Waals surface area contributed by atoms with Gasteiger partial charge in [-0.2, -0.15) is 0 Å². The Morgan fingerprint density at radius 2 is 1.80 bits per heavy atom. The first-order chi connectivity index (χ1) is 9.70. The molecule has 4 heteroatoms. The van der Waals surface area contributed by atoms with E-state index >= 15 is 0 Å². The van der Waals surface area contributed by atoms with Crippen molar-refractivity contribution in [3.8, 4) is 11.8 Å². The third-order valence-electron chi connectivity index (χ3n) is 5.34. The molecule has 2 heterocycles. The van der Waals surface area contributed by atoms with Crippen LogP contribution in [0.15, 0.2) is 12.7 Å². The third-order valence-corrected chi connectivity index (χ3v) is 5.34. The quantitative estimate of drug-likeness (QED) is 0.641. The topological polar surface area (TPSA) is 57.9 Å². The maximum absolute atomic E-state index is 10.5. The summed E-state index contributed by atoms with van der Waals surface area (Å²) in [5.41, 5.74) is 1.91. The smallest absolute Gasteiger partial charge is 0.198 e. The summed E-state index contributed by atoms with van der Waals surface area (Å²) in [6.07, 6.45) is 5.80. The van der Waals surface area contributed by atoms with Crippen molar-refractivity contribution in [3.63, 3.8) is 0 Å². The zero-order valence-corrected chi connectivity index (χ0v) is 11.7. The largest absolute Gasteiger partial charge is 0.494 e. The van der Waals surface area contributed by atoms with Gasteiger partial charge in [0.1, 0.15) is 0 Å². The Morgan fingerprint density at radius 3 is 2.30 bits per heavy atom. The Balaban J connectivity index is 1.77. The van der Waals surface area contributed by atoms with Gasteiger partial charge in [-0.15, -0.1) is 6.58 Å². The number of epoxide rings is 1. The maximum Gasteiger partial charge on any atom is 0.198 e. The second-order valence-corrected chi connectivity index (χ2v) is 6.30. The van der Waals surface area contributed by atoms with Crippen LogP contribution in [0, 0.1) is 5.92 Å². The molecule has 108 valence electrons. The van der Waals surface area contributed by atoms with Gasteiger partial charge < -0.3 is 14.9 Å². The fourth-order valence-corrected chi connectivity index (χ4v) is 4.57. The summed E-state index contributed by atoms with van der Waals surface area (Å²) < 4.78 is 7.32. The van der Waals surface area contributed by atoms with Crippen LogP contribution < -0.4 is 0 Å². The molecular weight excluding hydrogens is 254 g/mol. The number of nitrogens with zero attached hydrogens (tertiary/aromatic N) is 1. The van der Waals surface area contributed by atoms with Crippen molar-refractivity contribution in [3.05, 3.63) is 23.8 Å². The average molecular weight is 275 g/mol. The highest BCUT2D eigenvalue weighted by molar-refractivity contribution is 5.59. The van der Waals surface area contributed by atoms with Crippen molar-refractivity contribution in [1.29, 1.82) is 0 Å². The van der Waals surface area contributed by atoms with E-state index in [0.717, 1.165) is 17.5 Å². The lowest BCUT2D eigenvalue weighted by molar-refractivity contribution is 0.223. The minimum absolute atomic E-state index is 0.223. The summed E-state index contributed by atoms with van der Waals surface area (Å²) in [5.74, 6) is 1.55. The van der Waals surface area contributed by atoms with Gasteiger partial charge in [-0.3, -0.25) is 4.57 Å². The molecular formula is C16H21NO3. The van der Waals surface area contributed by atoms with Gasteiger partial charge in [-0.1, -0.05) is 25.8 Å². The molecule has 2 aliphatic carbocycles. The number of allylic oxidation sites excluding steroid dienone is 1. The standard InChI is InChI=1S/C16H21NO3/c1-3-5-6-8-9-11-12(10(8)14-13(9)20-14)16(19)17(7-4-2)15(11)18/h4,8-10,13-14,18-19H,2-3,5-7H2,1H3. The highest BCUT2D eigenvalue weighted by Gasteiger charge is 2.69. The molecule has 2 bridgehead atoms. The summed E-state index contributed by atoms with van der Waals surface area (Å²) in [7, 11) is 0. The van der Waals surface area contributed by atoms with Gasteiger partial charge in [-0.25, -0.2) is 0 Å². The third kappa shape index (κ3) is 1.30. The van der Waals surface area contributed by atoms with E-state index in [1.807, 2.05) is 0 Å². The van der Waals surface area contributed by atoms with E-state index in [-0.39, 0.29) is 35.8 Å². The minimum atomic E-state index is 0.223. The van der Waals surface area contributed by atoms with Crippen LogP contribution in [0.5, 0.6) is 11.8 Å². The fourth-order valence-electron chi connectivity index (χ4n) is 4.57. The molecule has 0 amide bonds. The van der Waals surface area contributed by atoms with Crippen molar-refractivity contribution in [2.45, 2.75) is 56.8 Å². The van der Waals surface area contributed by atoms with Crippen LogP contribution in [0.1, 0.15) is 49.1 Å². The first-order valence-electron chi connectivity index (χ1n) is 7.61. The molecule has 1 aliphatic heterocycles. The zero-order chi connectivity index (χ0) is 14.0. The number of hydrogen-bond acceptors (Lipinski definition) is 3. The second-order valence-electron chi connectivity index (χ2n) is 6.30. The normalized spacial score (nSPS) is 36.0. The first kappa shape index (κ1) is 12.3. The lowest BCUT2D eigenvalue weighted by atomic mass is 9.88. The van der Waals surface area contributed by atoms with Crippen molar-refractivity contribution < 1.29 is 14.9 Å². The van der Waals surface area contributed by atoms with Gasteiger partial charge in [-0.05, 0) is 12.3 Å². The van der Waals surface area contributed by atoms with Crippen molar-refractivity contribution in [1.82, 2.24) is 4.57 Å². The van der Waals surface area contributed by atoms with E-state index < -0.39 is 0 Å². The Kier molecular flexibility index (Phi) is 2.49. The predicted molar refractivity (Wildman–Crippen MR) is 75.1 cm³/mol. The number of aromatic hydroxyl groups is 2. The molecule has 1 aromatic rings. The Bertz CT molecular complexity index is 537. The van der Waals surface area contributed by atoms with Crippen LogP contribution in [0.25, 0.3) is 0 Å². The highest BCUT2D eigenvalue weighted by atomic mass is 16.6. The van der Waals surface area contributed by atoms with Crippen LogP contribution in [0.2, 0.25) is 0 Å². The Labute approximate surface area is 118 Å². The first-order valence-corrected chi connectivity index (χ1v) is 7.61. The number of ether oxygens (including phenoxy) is 1. The summed E-state index contributed by atoms with van der Waals surface area (Å²) >= 11 is 0. The summed E-state index contributed by atoms with van der Waals surface area (Å²) in [4.78, 5) is 0. The molecule has 2 fully saturated rings. The van der Waals surface area contributed by atoms with Crippen molar-refractivity contribution >= 4 is 0 Å². The van der Waals surface area contributed by atoms with Gasteiger partial charge in [0, 0.05) is 29.5 Å². The molecule has 1 saturated carbocycles. The SMILES string of the molecule is C=CCn1c(O)c2c(c1O)C1C(CCCC)C2C2OC21. The predicted octanol–water partition coefficient (Wildman–Crippen LogP) is 2.85. The maximum atomic E-state index is 10.5. The number of fused-ring (bicyclic) bond motifs is 8. The van der Waals surface area contributed by atoms with Crippen LogP contribution in [0.4, 0.5) is 0 Å². The van der Waals surface area contributed by atoms with Gasteiger partial charge >= 0.3 is 0 Å². The number of rotatable bonds is 5. The summed E-state index contributed by atoms with van der Waals surface area (Å²) in [6.45, 7) is 6.33. The summed E-state index contributed by atoms with van der Waals surface area (Å²) in [5, 5.41) is 20.9. The molecule has 0 spiro atoms. The monoisotopic (exact) mass is 275 g/mol. The van der Waals surface area contributed by atoms with E-state index in [4.69, 9.17) is 4.74 Å². The van der Waals surface area contributed by atoms with Crippen LogP contribution in [-0.2, 0) is 11.3 Å². The van der Waals surface area contributed by atoms with Crippen LogP contribution >= 0.6 is 0 Å². The highest BCUT2D eigenvalue weighted by Crippen LogP contribution is 2.70. The van der Waals surface area contributed by atoms with Crippen LogP contribution in [-0.4, -0.2) is 27.0 Å². The van der Waals surface area contributed by atoms with E-state index in [1.165, 1.54) is 12.8 Å². The summed E-state index contributed by atoms with van der Waals surface area (Å²) in [6, 6.07) is 0. The van der Waals surface area contributed by atoms with E-state index in [2.05, 4.69) is 13.5 Å². The van der Waals surface area contributed by atoms with E-state index in [1.54, 1.807) is 10.6 Å². The molecule has 1 aromatic heterocycles. The second kappa shape index (κ2) is 4.04. The lowest BCUT2D eigenvalue weighted by Crippen LogP contribution is -2.12. The van der Waals surface area contributed by atoms with Gasteiger partial charge in [0.25, 0.3) is 0 Å². The number of hydrogen-bond donors (Lipinski definition) is 2. The average Bonchev–Trinajstić information content (AvgIpc) is 3.04. The molecule has 0 radical (unpaired) electrons. The molecule has 0 aromatic carbocycles. The molecule has 4 unspecified atom stereocenters. The van der Waals surface area contributed by atoms with Gasteiger partial charge in [0.15, 0.2) is 11.8 Å². The molecule has 4 rings (SSSR count). The van der Waals surface area contributed by atoms with Crippen LogP contribution in [0.3, 0.4) is 0 Å². The van der Waals surface area contributed by atoms with Gasteiger partial charge in [0.05, 0.1) is 12.2 Å². The van der Waals surface area contributed by atoms with Crippen molar-refractivity contribution in [2.24, 2.45) is 5.92 Å². The lowest BCUT2D eigenvalue weighted by Gasteiger charge is -2.20. The molecule has 4 nitrogen and oxygen atoms in total. The molecule has 1 saturated heterocycles.